The lowest BCUT2D eigenvalue weighted by atomic mass is 9.95. The summed E-state index contributed by atoms with van der Waals surface area (Å²) in [6.07, 6.45) is 1.20. The van der Waals surface area contributed by atoms with Crippen LogP contribution in [-0.4, -0.2) is 18.9 Å². The van der Waals surface area contributed by atoms with Crippen LogP contribution in [0.25, 0.3) is 0 Å². The molecule has 2 nitrogen and oxygen atoms in total. The van der Waals surface area contributed by atoms with Crippen LogP contribution in [0.3, 0.4) is 0 Å². The topological polar surface area (TPSA) is 29.1 Å². The molecular formula is C15H23NO. The molecule has 1 aromatic carbocycles. The molecule has 0 heterocycles. The van der Waals surface area contributed by atoms with Gasteiger partial charge in [-0.2, -0.15) is 0 Å². The first kappa shape index (κ1) is 13.9. The van der Waals surface area contributed by atoms with E-state index in [0.717, 1.165) is 13.1 Å². The predicted molar refractivity (Wildman–Crippen MR) is 72.5 cm³/mol. The molecule has 0 aliphatic rings. The third kappa shape index (κ3) is 4.31. The standard InChI is InChI=1S/C15H23NO/c1-5-16-7-6-14(17)10-15-12(3)8-11(2)9-13(15)4/h8-9,16H,5-7,10H2,1-4H3. The normalized spacial score (nSPS) is 10.6. The maximum atomic E-state index is 11.8. The summed E-state index contributed by atoms with van der Waals surface area (Å²) < 4.78 is 0. The second-order valence-electron chi connectivity index (χ2n) is 4.70. The van der Waals surface area contributed by atoms with Gasteiger partial charge in [0.05, 0.1) is 0 Å². The summed E-state index contributed by atoms with van der Waals surface area (Å²) in [4.78, 5) is 11.8. The maximum absolute atomic E-state index is 11.8. The van der Waals surface area contributed by atoms with Crippen LogP contribution in [-0.2, 0) is 11.2 Å². The average molecular weight is 233 g/mol. The minimum absolute atomic E-state index is 0.320. The fourth-order valence-electron chi connectivity index (χ4n) is 2.18. The van der Waals surface area contributed by atoms with Crippen LogP contribution in [0, 0.1) is 20.8 Å². The van der Waals surface area contributed by atoms with Crippen LogP contribution in [0.15, 0.2) is 12.1 Å². The molecule has 94 valence electrons. The fourth-order valence-corrected chi connectivity index (χ4v) is 2.18. The van der Waals surface area contributed by atoms with Crippen LogP contribution in [0.1, 0.15) is 35.6 Å². The molecule has 2 heteroatoms. The lowest BCUT2D eigenvalue weighted by Gasteiger charge is -2.10. The summed E-state index contributed by atoms with van der Waals surface area (Å²) in [5.74, 6) is 0.320. The van der Waals surface area contributed by atoms with Gasteiger partial charge in [0.1, 0.15) is 5.78 Å². The van der Waals surface area contributed by atoms with E-state index in [-0.39, 0.29) is 0 Å². The van der Waals surface area contributed by atoms with Crippen molar-refractivity contribution in [3.8, 4) is 0 Å². The smallest absolute Gasteiger partial charge is 0.138 e. The van der Waals surface area contributed by atoms with Crippen LogP contribution in [0.2, 0.25) is 0 Å². The Balaban J connectivity index is 2.65. The summed E-state index contributed by atoms with van der Waals surface area (Å²) in [5, 5.41) is 3.18. The van der Waals surface area contributed by atoms with Gasteiger partial charge in [0, 0.05) is 19.4 Å². The monoisotopic (exact) mass is 233 g/mol. The zero-order chi connectivity index (χ0) is 12.8. The molecular weight excluding hydrogens is 210 g/mol. The van der Waals surface area contributed by atoms with E-state index in [2.05, 4.69) is 45.1 Å². The van der Waals surface area contributed by atoms with Gasteiger partial charge in [-0.3, -0.25) is 4.79 Å². The van der Waals surface area contributed by atoms with E-state index in [4.69, 9.17) is 0 Å². The number of ketones is 1. The van der Waals surface area contributed by atoms with Crippen molar-refractivity contribution in [2.45, 2.75) is 40.5 Å². The fraction of sp³-hybridized carbons (Fsp3) is 0.533. The van der Waals surface area contributed by atoms with E-state index in [1.54, 1.807) is 0 Å². The average Bonchev–Trinajstić information content (AvgIpc) is 2.24. The van der Waals surface area contributed by atoms with Crippen molar-refractivity contribution in [1.82, 2.24) is 5.32 Å². The molecule has 0 saturated carbocycles. The second kappa shape index (κ2) is 6.55. The highest BCUT2D eigenvalue weighted by atomic mass is 16.1. The number of Topliss-reactive ketones (excluding diaryl/α,β-unsaturated/α-hetero) is 1. The van der Waals surface area contributed by atoms with Gasteiger partial charge >= 0.3 is 0 Å². The first-order valence-electron chi connectivity index (χ1n) is 6.33. The number of carbonyl (C=O) groups is 1. The number of rotatable bonds is 6. The Bertz CT molecular complexity index is 373. The first-order valence-corrected chi connectivity index (χ1v) is 6.33. The van der Waals surface area contributed by atoms with Crippen molar-refractivity contribution in [1.29, 1.82) is 0 Å². The highest BCUT2D eigenvalue weighted by Crippen LogP contribution is 2.17. The summed E-state index contributed by atoms with van der Waals surface area (Å²) in [7, 11) is 0. The molecule has 0 aliphatic heterocycles. The van der Waals surface area contributed by atoms with Crippen molar-refractivity contribution in [2.75, 3.05) is 13.1 Å². The molecule has 1 N–H and O–H groups in total. The molecule has 1 rings (SSSR count). The zero-order valence-electron chi connectivity index (χ0n) is 11.4. The number of hydrogen-bond acceptors (Lipinski definition) is 2. The van der Waals surface area contributed by atoms with Crippen LogP contribution in [0.4, 0.5) is 0 Å². The van der Waals surface area contributed by atoms with Crippen molar-refractivity contribution in [3.05, 3.63) is 34.4 Å². The lowest BCUT2D eigenvalue weighted by molar-refractivity contribution is -0.118. The Morgan fingerprint density at radius 3 is 2.29 bits per heavy atom. The molecule has 0 unspecified atom stereocenters. The highest BCUT2D eigenvalue weighted by molar-refractivity contribution is 5.81. The van der Waals surface area contributed by atoms with E-state index in [9.17, 15) is 4.79 Å². The van der Waals surface area contributed by atoms with E-state index in [1.165, 1.54) is 22.3 Å². The summed E-state index contributed by atoms with van der Waals surface area (Å²) in [6.45, 7) is 10.0. The number of benzene rings is 1. The third-order valence-corrected chi connectivity index (χ3v) is 3.04. The Morgan fingerprint density at radius 2 is 1.76 bits per heavy atom. The van der Waals surface area contributed by atoms with Gasteiger partial charge in [-0.1, -0.05) is 24.6 Å². The van der Waals surface area contributed by atoms with E-state index in [1.807, 2.05) is 0 Å². The largest absolute Gasteiger partial charge is 0.317 e. The summed E-state index contributed by atoms with van der Waals surface area (Å²) in [6, 6.07) is 4.31. The molecule has 0 saturated heterocycles. The molecule has 0 atom stereocenters. The molecule has 0 fully saturated rings. The van der Waals surface area contributed by atoms with E-state index in [0.29, 0.717) is 18.6 Å². The predicted octanol–water partition coefficient (Wildman–Crippen LogP) is 2.72. The van der Waals surface area contributed by atoms with Crippen LogP contribution < -0.4 is 5.32 Å². The Kier molecular flexibility index (Phi) is 5.36. The molecule has 17 heavy (non-hydrogen) atoms. The van der Waals surface area contributed by atoms with Gasteiger partial charge in [0.25, 0.3) is 0 Å². The quantitative estimate of drug-likeness (QED) is 0.765. The molecule has 0 bridgehead atoms. The van der Waals surface area contributed by atoms with E-state index < -0.39 is 0 Å². The van der Waals surface area contributed by atoms with Gasteiger partial charge in [-0.15, -0.1) is 0 Å². The van der Waals surface area contributed by atoms with Gasteiger partial charge in [-0.25, -0.2) is 0 Å². The zero-order valence-corrected chi connectivity index (χ0v) is 11.4. The number of aryl methyl sites for hydroxylation is 3. The van der Waals surface area contributed by atoms with Gasteiger partial charge in [0.15, 0.2) is 0 Å². The Morgan fingerprint density at radius 1 is 1.18 bits per heavy atom. The second-order valence-corrected chi connectivity index (χ2v) is 4.70. The summed E-state index contributed by atoms with van der Waals surface area (Å²) >= 11 is 0. The number of carbonyl (C=O) groups excluding carboxylic acids is 1. The number of hydrogen-bond donors (Lipinski definition) is 1. The Labute approximate surface area is 104 Å². The Hall–Kier alpha value is -1.15. The van der Waals surface area contributed by atoms with Gasteiger partial charge in [0.2, 0.25) is 0 Å². The van der Waals surface area contributed by atoms with Gasteiger partial charge < -0.3 is 5.32 Å². The molecule has 0 radical (unpaired) electrons. The lowest BCUT2D eigenvalue weighted by Crippen LogP contribution is -2.18. The molecule has 0 amide bonds. The maximum Gasteiger partial charge on any atom is 0.138 e. The van der Waals surface area contributed by atoms with Gasteiger partial charge in [-0.05, 0) is 44.0 Å². The van der Waals surface area contributed by atoms with E-state index >= 15 is 0 Å². The number of nitrogens with one attached hydrogen (secondary N) is 1. The third-order valence-electron chi connectivity index (χ3n) is 3.04. The van der Waals surface area contributed by atoms with Crippen molar-refractivity contribution >= 4 is 5.78 Å². The van der Waals surface area contributed by atoms with Crippen molar-refractivity contribution < 1.29 is 4.79 Å². The molecule has 0 spiro atoms. The molecule has 1 aromatic rings. The minimum atomic E-state index is 0.320. The highest BCUT2D eigenvalue weighted by Gasteiger charge is 2.09. The summed E-state index contributed by atoms with van der Waals surface area (Å²) in [5.41, 5.74) is 4.94. The van der Waals surface area contributed by atoms with Crippen molar-refractivity contribution in [2.24, 2.45) is 0 Å². The van der Waals surface area contributed by atoms with Crippen LogP contribution in [0.5, 0.6) is 0 Å². The minimum Gasteiger partial charge on any atom is -0.317 e. The molecule has 0 aromatic heterocycles. The van der Waals surface area contributed by atoms with Crippen LogP contribution >= 0.6 is 0 Å². The van der Waals surface area contributed by atoms with Crippen molar-refractivity contribution in [3.63, 3.8) is 0 Å². The molecule has 0 aliphatic carbocycles. The first-order chi connectivity index (χ1) is 8.04. The SMILES string of the molecule is CCNCCC(=O)Cc1c(C)cc(C)cc1C.